The first-order chi connectivity index (χ1) is 25.6. The summed E-state index contributed by atoms with van der Waals surface area (Å²) < 4.78 is 23.2. The molecular weight excluding hydrogens is 684 g/mol. The van der Waals surface area contributed by atoms with Crippen molar-refractivity contribution >= 4 is 23.7 Å². The fraction of sp³-hybridized carbons (Fsp3) is 0.911. The van der Waals surface area contributed by atoms with E-state index in [0.717, 1.165) is 69.6 Å². The van der Waals surface area contributed by atoms with E-state index in [9.17, 15) is 24.3 Å². The number of hydrogen-bond acceptors (Lipinski definition) is 9. The third-order valence-electron chi connectivity index (χ3n) is 16.4. The number of fused-ring (bicyclic) bond motifs is 1. The Balaban J connectivity index is 0.000000125. The highest BCUT2D eigenvalue weighted by atomic mass is 16.6. The van der Waals surface area contributed by atoms with E-state index in [1.807, 2.05) is 34.6 Å². The lowest BCUT2D eigenvalue weighted by atomic mass is 9.50. The fourth-order valence-electron chi connectivity index (χ4n) is 13.2. The van der Waals surface area contributed by atoms with Gasteiger partial charge >= 0.3 is 17.9 Å². The van der Waals surface area contributed by atoms with Crippen molar-refractivity contribution in [2.24, 2.45) is 71.0 Å². The Morgan fingerprint density at radius 1 is 0.722 bits per heavy atom. The summed E-state index contributed by atoms with van der Waals surface area (Å²) in [6, 6.07) is 0. The molecule has 54 heavy (non-hydrogen) atoms. The highest BCUT2D eigenvalue weighted by Gasteiger charge is 2.61. The quantitative estimate of drug-likeness (QED) is 0.184. The lowest BCUT2D eigenvalue weighted by Crippen LogP contribution is -2.60. The van der Waals surface area contributed by atoms with E-state index >= 15 is 0 Å². The summed E-state index contributed by atoms with van der Waals surface area (Å²) >= 11 is 0. The molecule has 1 heterocycles. The normalized spacial score (nSPS) is 45.7. The number of Topliss-reactive ketones (excluding diaryl/α,β-unsaturated/α-hetero) is 1. The number of ether oxygens (including phenoxy) is 4. The van der Waals surface area contributed by atoms with Crippen LogP contribution >= 0.6 is 0 Å². The smallest absolute Gasteiger partial charge is 0.309 e. The van der Waals surface area contributed by atoms with Crippen molar-refractivity contribution in [2.75, 3.05) is 6.61 Å². The molecule has 11 rings (SSSR count). The fourth-order valence-corrected chi connectivity index (χ4v) is 13.2. The van der Waals surface area contributed by atoms with Gasteiger partial charge in [-0.15, -0.1) is 0 Å². The molecule has 10 unspecified atom stereocenters. The zero-order chi connectivity index (χ0) is 38.7. The highest BCUT2D eigenvalue weighted by Crippen LogP contribution is 2.60. The highest BCUT2D eigenvalue weighted by molar-refractivity contribution is 5.84. The van der Waals surface area contributed by atoms with Crippen molar-refractivity contribution in [3.05, 3.63) is 0 Å². The molecule has 9 nitrogen and oxygen atoms in total. The maximum atomic E-state index is 12.1. The molecular formula is C45H70O9. The van der Waals surface area contributed by atoms with Gasteiger partial charge in [0.2, 0.25) is 0 Å². The largest absolute Gasteiger partial charge is 0.459 e. The molecule has 0 aromatic carbocycles. The van der Waals surface area contributed by atoms with Crippen LogP contribution in [0.5, 0.6) is 0 Å². The third kappa shape index (κ3) is 7.68. The standard InChI is InChI=1S/C16H26O2.C15H24O3.C14H20O4/c1-4-10(2)15(17)18-16(3)13-6-11-5-12(8-13)9-14(16)7-11;1-3-10(2)13(16)18-15-7-11-4-12(8-15)6-14(17,5-11)9-15;1-3-7(2)14(16)18-12-8-4-9-10(5-8)13(12)17-6-11(9)15/h10-14H,4-9H2,1-3H3;10-12,17H,3-9H2,1-2H3;7-10,12-13H,3-6H2,1-2H3. The predicted molar refractivity (Wildman–Crippen MR) is 203 cm³/mol. The van der Waals surface area contributed by atoms with E-state index in [2.05, 4.69) is 13.8 Å². The molecule has 0 amide bonds. The molecule has 0 aromatic rings. The van der Waals surface area contributed by atoms with Gasteiger partial charge < -0.3 is 24.1 Å². The van der Waals surface area contributed by atoms with Crippen molar-refractivity contribution in [3.8, 4) is 0 Å². The average molecular weight is 755 g/mol. The summed E-state index contributed by atoms with van der Waals surface area (Å²) in [5.41, 5.74) is -1.02. The van der Waals surface area contributed by atoms with Gasteiger partial charge in [0.25, 0.3) is 0 Å². The summed E-state index contributed by atoms with van der Waals surface area (Å²) in [5, 5.41) is 10.6. The van der Waals surface area contributed by atoms with Crippen molar-refractivity contribution in [2.45, 2.75) is 180 Å². The summed E-state index contributed by atoms with van der Waals surface area (Å²) in [4.78, 5) is 47.8. The molecule has 0 aromatic heterocycles. The van der Waals surface area contributed by atoms with Gasteiger partial charge in [-0.2, -0.15) is 0 Å². The van der Waals surface area contributed by atoms with Crippen LogP contribution in [-0.4, -0.2) is 64.4 Å². The first kappa shape index (κ1) is 40.2. The summed E-state index contributed by atoms with van der Waals surface area (Å²) in [5.74, 6) is 5.17. The first-order valence-corrected chi connectivity index (χ1v) is 22.1. The molecule has 10 atom stereocenters. The molecule has 11 fully saturated rings. The van der Waals surface area contributed by atoms with Crippen LogP contribution in [0.15, 0.2) is 0 Å². The Bertz CT molecular complexity index is 1380. The van der Waals surface area contributed by atoms with Crippen molar-refractivity contribution < 1.29 is 43.2 Å². The minimum absolute atomic E-state index is 0.0207. The molecule has 1 saturated heterocycles. The van der Waals surface area contributed by atoms with Crippen LogP contribution in [0.1, 0.15) is 151 Å². The maximum absolute atomic E-state index is 12.1. The molecule has 10 saturated carbocycles. The second-order valence-corrected chi connectivity index (χ2v) is 20.3. The van der Waals surface area contributed by atoms with E-state index in [1.165, 1.54) is 38.5 Å². The van der Waals surface area contributed by atoms with Gasteiger partial charge in [-0.3, -0.25) is 19.2 Å². The number of esters is 3. The van der Waals surface area contributed by atoms with E-state index in [-0.39, 0.29) is 77.4 Å². The van der Waals surface area contributed by atoms with Crippen LogP contribution in [-0.2, 0) is 38.1 Å². The molecule has 9 heteroatoms. The molecule has 0 spiro atoms. The molecule has 304 valence electrons. The second-order valence-electron chi connectivity index (χ2n) is 20.3. The molecule has 0 radical (unpaired) electrons. The SMILES string of the molecule is CCC(C)C(=O)OC1(C)C2CC3CC(C2)CC1C3.CCC(C)C(=O)OC12CC3CC(CC(O)(C3)C1)C2.CCC(C)C(=O)OC1C2CC3C(=O)COC1C3C2. The first-order valence-electron chi connectivity index (χ1n) is 22.1. The number of carbonyl (C=O) groups is 4. The lowest BCUT2D eigenvalue weighted by molar-refractivity contribution is -0.222. The van der Waals surface area contributed by atoms with Gasteiger partial charge in [0, 0.05) is 12.3 Å². The van der Waals surface area contributed by atoms with Gasteiger partial charge in [0.05, 0.1) is 29.5 Å². The average Bonchev–Trinajstić information content (AvgIpc) is 3.71. The number of carbonyl (C=O) groups excluding carboxylic acids is 4. The van der Waals surface area contributed by atoms with Gasteiger partial charge in [0.1, 0.15) is 23.9 Å². The van der Waals surface area contributed by atoms with Crippen LogP contribution in [0.25, 0.3) is 0 Å². The maximum Gasteiger partial charge on any atom is 0.309 e. The summed E-state index contributed by atoms with van der Waals surface area (Å²) in [6.45, 7) is 14.3. The van der Waals surface area contributed by atoms with E-state index < -0.39 is 5.60 Å². The van der Waals surface area contributed by atoms with Crippen LogP contribution in [0.2, 0.25) is 0 Å². The summed E-state index contributed by atoms with van der Waals surface area (Å²) in [7, 11) is 0. The molecule has 11 aliphatic rings. The summed E-state index contributed by atoms with van der Waals surface area (Å²) in [6.07, 6.45) is 16.6. The Labute approximate surface area is 324 Å². The lowest BCUT2D eigenvalue weighted by Gasteiger charge is -2.59. The van der Waals surface area contributed by atoms with Crippen molar-refractivity contribution in [1.82, 2.24) is 0 Å². The monoisotopic (exact) mass is 755 g/mol. The predicted octanol–water partition coefficient (Wildman–Crippen LogP) is 8.02. The van der Waals surface area contributed by atoms with Crippen LogP contribution in [0.4, 0.5) is 0 Å². The van der Waals surface area contributed by atoms with Crippen LogP contribution in [0, 0.1) is 71.0 Å². The number of hydrogen-bond donors (Lipinski definition) is 1. The molecule has 1 aliphatic heterocycles. The molecule has 10 aliphatic carbocycles. The number of rotatable bonds is 9. The van der Waals surface area contributed by atoms with E-state index in [4.69, 9.17) is 18.9 Å². The second kappa shape index (κ2) is 15.4. The minimum Gasteiger partial charge on any atom is -0.459 e. The van der Waals surface area contributed by atoms with Gasteiger partial charge in [0.15, 0.2) is 5.78 Å². The third-order valence-corrected chi connectivity index (χ3v) is 16.4. The Morgan fingerprint density at radius 3 is 1.78 bits per heavy atom. The molecule has 10 bridgehead atoms. The van der Waals surface area contributed by atoms with Gasteiger partial charge in [-0.05, 0) is 151 Å². The Morgan fingerprint density at radius 2 is 1.24 bits per heavy atom. The van der Waals surface area contributed by atoms with E-state index in [1.54, 1.807) is 0 Å². The zero-order valence-corrected chi connectivity index (χ0v) is 34.3. The van der Waals surface area contributed by atoms with Crippen LogP contribution in [0.3, 0.4) is 0 Å². The van der Waals surface area contributed by atoms with Gasteiger partial charge in [-0.25, -0.2) is 0 Å². The van der Waals surface area contributed by atoms with Crippen molar-refractivity contribution in [1.29, 1.82) is 0 Å². The van der Waals surface area contributed by atoms with Crippen molar-refractivity contribution in [3.63, 3.8) is 0 Å². The number of aliphatic hydroxyl groups is 1. The Kier molecular flexibility index (Phi) is 11.5. The topological polar surface area (TPSA) is 125 Å². The van der Waals surface area contributed by atoms with E-state index in [0.29, 0.717) is 41.9 Å². The minimum atomic E-state index is -0.542. The van der Waals surface area contributed by atoms with Crippen LogP contribution < -0.4 is 0 Å². The Hall–Kier alpha value is -2.00. The zero-order valence-electron chi connectivity index (χ0n) is 34.3. The number of ketones is 1. The molecule has 1 N–H and O–H groups in total. The van der Waals surface area contributed by atoms with Gasteiger partial charge in [-0.1, -0.05) is 41.5 Å².